The van der Waals surface area contributed by atoms with Gasteiger partial charge in [-0.15, -0.1) is 0 Å². The number of hydrogen-bond donors (Lipinski definition) is 1. The van der Waals surface area contributed by atoms with Crippen molar-refractivity contribution in [3.63, 3.8) is 0 Å². The fourth-order valence-corrected chi connectivity index (χ4v) is 7.87. The molecule has 2 saturated carbocycles. The summed E-state index contributed by atoms with van der Waals surface area (Å²) < 4.78 is 23.5. The molecule has 2 saturated heterocycles. The number of esters is 3. The lowest BCUT2D eigenvalue weighted by Crippen LogP contribution is -2.50. The summed E-state index contributed by atoms with van der Waals surface area (Å²) in [5.41, 5.74) is -2.52. The number of carbonyl (C=O) groups is 4. The van der Waals surface area contributed by atoms with E-state index in [1.807, 2.05) is 13.8 Å². The summed E-state index contributed by atoms with van der Waals surface area (Å²) in [6, 6.07) is 0. The van der Waals surface area contributed by atoms with Crippen LogP contribution in [-0.4, -0.2) is 51.9 Å². The number of allylic oxidation sites excluding steroid dienone is 1. The number of aliphatic hydroxyl groups is 1. The minimum atomic E-state index is -1.28. The van der Waals surface area contributed by atoms with Gasteiger partial charge in [-0.2, -0.15) is 0 Å². The van der Waals surface area contributed by atoms with Crippen LogP contribution in [0.2, 0.25) is 0 Å². The largest absolute Gasteiger partial charge is 0.459 e. The van der Waals surface area contributed by atoms with E-state index in [0.717, 1.165) is 0 Å². The Morgan fingerprint density at radius 1 is 1.22 bits per heavy atom. The minimum absolute atomic E-state index is 0.0547. The first-order valence-corrected chi connectivity index (χ1v) is 13.1. The molecular weight excluding hydrogens is 480 g/mol. The van der Waals surface area contributed by atoms with Crippen LogP contribution in [0.3, 0.4) is 0 Å². The molecule has 0 radical (unpaired) electrons. The Kier molecular flexibility index (Phi) is 5.81. The summed E-state index contributed by atoms with van der Waals surface area (Å²) in [6.07, 6.45) is 4.33. The number of hydrogen-bond acceptors (Lipinski definition) is 9. The van der Waals surface area contributed by atoms with E-state index in [1.165, 1.54) is 6.92 Å². The van der Waals surface area contributed by atoms with Crippen LogP contribution in [-0.2, 0) is 38.1 Å². The molecule has 202 valence electrons. The fraction of sp³-hybridized carbons (Fsp3) is 0.714. The van der Waals surface area contributed by atoms with Crippen LogP contribution in [0.25, 0.3) is 0 Å². The maximum absolute atomic E-state index is 13.4. The van der Waals surface area contributed by atoms with Gasteiger partial charge in [0.2, 0.25) is 5.79 Å². The molecule has 8 atom stereocenters. The van der Waals surface area contributed by atoms with Crippen molar-refractivity contribution in [1.29, 1.82) is 0 Å². The SMILES string of the molecule is CC(=O)OC(C)(C)[C@@H]1CC[C@@H]2[C@H]3O[C@]4([C@@H](C)/C=C5/C=C(C)C(=O)O5)OC(=O)C[C@]4(C)[C@H]3C[C@]2(O)CC1=O. The number of rotatable bonds is 4. The Labute approximate surface area is 216 Å². The van der Waals surface area contributed by atoms with Crippen molar-refractivity contribution in [2.24, 2.45) is 29.1 Å². The highest BCUT2D eigenvalue weighted by atomic mass is 16.7. The number of carbonyl (C=O) groups excluding carboxylic acids is 4. The van der Waals surface area contributed by atoms with Crippen LogP contribution < -0.4 is 0 Å². The van der Waals surface area contributed by atoms with E-state index in [9.17, 15) is 24.3 Å². The van der Waals surface area contributed by atoms with Gasteiger partial charge in [0, 0.05) is 42.1 Å². The lowest BCUT2D eigenvalue weighted by molar-refractivity contribution is -0.256. The van der Waals surface area contributed by atoms with E-state index < -0.39 is 52.3 Å². The minimum Gasteiger partial charge on any atom is -0.459 e. The molecule has 1 N–H and O–H groups in total. The van der Waals surface area contributed by atoms with E-state index >= 15 is 0 Å². The normalized spacial score (nSPS) is 42.9. The second-order valence-electron chi connectivity index (χ2n) is 12.4. The van der Waals surface area contributed by atoms with Gasteiger partial charge in [0.15, 0.2) is 0 Å². The van der Waals surface area contributed by atoms with Gasteiger partial charge in [-0.25, -0.2) is 4.79 Å². The molecule has 3 aliphatic heterocycles. The van der Waals surface area contributed by atoms with E-state index in [-0.39, 0.29) is 36.4 Å². The summed E-state index contributed by atoms with van der Waals surface area (Å²) in [6.45, 7) is 10.3. The maximum Gasteiger partial charge on any atom is 0.339 e. The molecule has 0 bridgehead atoms. The first-order valence-electron chi connectivity index (χ1n) is 13.1. The van der Waals surface area contributed by atoms with Crippen LogP contribution in [0.15, 0.2) is 23.5 Å². The average molecular weight is 517 g/mol. The van der Waals surface area contributed by atoms with Gasteiger partial charge in [0.1, 0.15) is 17.1 Å². The molecule has 2 aliphatic carbocycles. The number of ketones is 1. The summed E-state index contributed by atoms with van der Waals surface area (Å²) in [4.78, 5) is 49.5. The van der Waals surface area contributed by atoms with Gasteiger partial charge in [-0.1, -0.05) is 13.8 Å². The lowest BCUT2D eigenvalue weighted by Gasteiger charge is -2.41. The van der Waals surface area contributed by atoms with Crippen molar-refractivity contribution in [1.82, 2.24) is 0 Å². The van der Waals surface area contributed by atoms with Crippen molar-refractivity contribution in [2.45, 2.75) is 96.7 Å². The van der Waals surface area contributed by atoms with Crippen LogP contribution >= 0.6 is 0 Å². The van der Waals surface area contributed by atoms with E-state index in [4.69, 9.17) is 18.9 Å². The standard InChI is InChI=1S/C28H36O9/c1-14-9-17(34-24(14)32)10-15(2)28-26(6,13-22(31)36-28)20-11-27(33)12-21(30)18(25(4,5)35-16(3)29)7-8-19(27)23(20)37-28/h9-10,15,18-20,23,33H,7-8,11-13H2,1-6H3/b17-10-/t15-,18+,19+,20-,23+,26+,27-,28-/m0/s1. The summed E-state index contributed by atoms with van der Waals surface area (Å²) >= 11 is 0. The molecule has 0 amide bonds. The molecule has 9 nitrogen and oxygen atoms in total. The first-order chi connectivity index (χ1) is 17.1. The van der Waals surface area contributed by atoms with E-state index in [0.29, 0.717) is 30.6 Å². The molecule has 4 fully saturated rings. The van der Waals surface area contributed by atoms with Crippen LogP contribution in [0.4, 0.5) is 0 Å². The number of cyclic esters (lactones) is 1. The maximum atomic E-state index is 13.4. The topological polar surface area (TPSA) is 125 Å². The Morgan fingerprint density at radius 3 is 2.54 bits per heavy atom. The van der Waals surface area contributed by atoms with Crippen molar-refractivity contribution in [2.75, 3.05) is 0 Å². The van der Waals surface area contributed by atoms with Crippen molar-refractivity contribution in [3.8, 4) is 0 Å². The third kappa shape index (κ3) is 3.80. The first kappa shape index (κ1) is 26.1. The van der Waals surface area contributed by atoms with Crippen LogP contribution in [0, 0.1) is 29.1 Å². The van der Waals surface area contributed by atoms with Gasteiger partial charge >= 0.3 is 17.9 Å². The van der Waals surface area contributed by atoms with Gasteiger partial charge in [-0.3, -0.25) is 14.4 Å². The predicted molar refractivity (Wildman–Crippen MR) is 128 cm³/mol. The second kappa shape index (κ2) is 8.24. The van der Waals surface area contributed by atoms with Gasteiger partial charge < -0.3 is 24.1 Å². The average Bonchev–Trinajstić information content (AvgIpc) is 3.33. The summed E-state index contributed by atoms with van der Waals surface area (Å²) in [5, 5.41) is 11.8. The smallest absolute Gasteiger partial charge is 0.339 e. The highest BCUT2D eigenvalue weighted by Crippen LogP contribution is 2.68. The Bertz CT molecular complexity index is 1130. The fourth-order valence-electron chi connectivity index (χ4n) is 7.87. The Balaban J connectivity index is 1.45. The van der Waals surface area contributed by atoms with Crippen LogP contribution in [0.1, 0.15) is 73.6 Å². The van der Waals surface area contributed by atoms with Crippen molar-refractivity contribution < 1.29 is 43.2 Å². The van der Waals surface area contributed by atoms with Crippen molar-refractivity contribution >= 4 is 23.7 Å². The van der Waals surface area contributed by atoms with Gasteiger partial charge in [0.25, 0.3) is 0 Å². The zero-order chi connectivity index (χ0) is 27.1. The second-order valence-corrected chi connectivity index (χ2v) is 12.4. The summed E-state index contributed by atoms with van der Waals surface area (Å²) in [5.74, 6) is -3.78. The molecule has 5 aliphatic rings. The number of Topliss-reactive ketones (excluding diaryl/α,β-unsaturated/α-hetero) is 1. The molecule has 5 rings (SSSR count). The molecule has 3 heterocycles. The summed E-state index contributed by atoms with van der Waals surface area (Å²) in [7, 11) is 0. The molecule has 0 spiro atoms. The zero-order valence-electron chi connectivity index (χ0n) is 22.3. The van der Waals surface area contributed by atoms with Crippen molar-refractivity contribution in [3.05, 3.63) is 23.5 Å². The monoisotopic (exact) mass is 516 g/mol. The Morgan fingerprint density at radius 2 is 1.92 bits per heavy atom. The molecule has 9 heteroatoms. The lowest BCUT2D eigenvalue weighted by atomic mass is 9.66. The van der Waals surface area contributed by atoms with Gasteiger partial charge in [-0.05, 0) is 52.2 Å². The molecular formula is C28H36O9. The quantitative estimate of drug-likeness (QED) is 0.443. The molecule has 37 heavy (non-hydrogen) atoms. The van der Waals surface area contributed by atoms with Crippen LogP contribution in [0.5, 0.6) is 0 Å². The third-order valence-corrected chi connectivity index (χ3v) is 9.55. The number of fused-ring (bicyclic) bond motifs is 5. The molecule has 0 unspecified atom stereocenters. The highest BCUT2D eigenvalue weighted by molar-refractivity contribution is 5.92. The van der Waals surface area contributed by atoms with E-state index in [1.54, 1.807) is 32.9 Å². The highest BCUT2D eigenvalue weighted by Gasteiger charge is 2.76. The predicted octanol–water partition coefficient (Wildman–Crippen LogP) is 3.14. The van der Waals surface area contributed by atoms with Gasteiger partial charge in [0.05, 0.1) is 24.0 Å². The van der Waals surface area contributed by atoms with E-state index in [2.05, 4.69) is 0 Å². The Hall–Kier alpha value is -2.52. The third-order valence-electron chi connectivity index (χ3n) is 9.55. The molecule has 0 aromatic heterocycles. The number of ether oxygens (including phenoxy) is 4. The molecule has 0 aromatic rings. The zero-order valence-corrected chi connectivity index (χ0v) is 22.3. The molecule has 0 aromatic carbocycles.